The second kappa shape index (κ2) is 15.2. The first kappa shape index (κ1) is 33.6. The lowest BCUT2D eigenvalue weighted by Gasteiger charge is -2.24. The molecule has 3 atom stereocenters. The van der Waals surface area contributed by atoms with E-state index in [0.717, 1.165) is 27.7 Å². The van der Waals surface area contributed by atoms with Gasteiger partial charge in [0.05, 0.1) is 13.5 Å². The molecule has 14 heteroatoms. The van der Waals surface area contributed by atoms with Crippen LogP contribution in [-0.4, -0.2) is 76.1 Å². The predicted octanol–water partition coefficient (Wildman–Crippen LogP) is 2.91. The molecule has 3 amide bonds. The molecule has 0 aliphatic carbocycles. The van der Waals surface area contributed by atoms with Gasteiger partial charge in [-0.1, -0.05) is 58.4 Å². The summed E-state index contributed by atoms with van der Waals surface area (Å²) in [5.41, 5.74) is 1.53. The summed E-state index contributed by atoms with van der Waals surface area (Å²) in [6, 6.07) is 15.7. The first-order chi connectivity index (χ1) is 21.9. The minimum Gasteiger partial charge on any atom is -0.481 e. The Labute approximate surface area is 270 Å². The van der Waals surface area contributed by atoms with Gasteiger partial charge in [0.15, 0.2) is 0 Å². The molecule has 0 saturated heterocycles. The number of carboxylic acid groups (broad SMARTS) is 2. The molecule has 3 aromatic carbocycles. The van der Waals surface area contributed by atoms with Crippen molar-refractivity contribution in [1.82, 2.24) is 20.9 Å². The summed E-state index contributed by atoms with van der Waals surface area (Å²) in [5, 5.41) is 28.5. The largest absolute Gasteiger partial charge is 0.481 e. The van der Waals surface area contributed by atoms with E-state index in [4.69, 9.17) is 5.11 Å². The third-order valence-corrected chi connectivity index (χ3v) is 7.66. The highest BCUT2D eigenvalue weighted by atomic mass is 79.9. The van der Waals surface area contributed by atoms with Gasteiger partial charge in [-0.15, -0.1) is 0 Å². The van der Waals surface area contributed by atoms with Crippen molar-refractivity contribution < 1.29 is 43.7 Å². The number of H-pyrrole nitrogens is 1. The Kier molecular flexibility index (Phi) is 11.1. The van der Waals surface area contributed by atoms with Crippen LogP contribution in [0.2, 0.25) is 0 Å². The first-order valence-electron chi connectivity index (χ1n) is 14.1. The number of carboxylic acids is 2. The van der Waals surface area contributed by atoms with Gasteiger partial charge in [-0.3, -0.25) is 24.0 Å². The fraction of sp³-hybridized carbons (Fsp3) is 0.250. The Morgan fingerprint density at radius 1 is 0.783 bits per heavy atom. The van der Waals surface area contributed by atoms with Gasteiger partial charge in [0.1, 0.15) is 23.8 Å². The number of methoxy groups -OCH3 is 1. The molecule has 1 heterocycles. The number of halogens is 1. The fourth-order valence-electron chi connectivity index (χ4n) is 4.86. The molecule has 4 rings (SSSR count). The molecule has 1 aromatic heterocycles. The number of carbonyl (C=O) groups is 6. The van der Waals surface area contributed by atoms with Crippen molar-refractivity contribution in [3.63, 3.8) is 0 Å². The normalized spacial score (nSPS) is 12.9. The Balaban J connectivity index is 1.60. The van der Waals surface area contributed by atoms with Gasteiger partial charge in [0, 0.05) is 28.2 Å². The molecule has 0 aliphatic heterocycles. The highest BCUT2D eigenvalue weighted by Gasteiger charge is 2.32. The summed E-state index contributed by atoms with van der Waals surface area (Å²) < 4.78 is 5.44. The number of fused-ring (bicyclic) bond motifs is 2. The molecule has 0 aliphatic rings. The smallest absolute Gasteiger partial charge is 0.328 e. The topological polar surface area (TPSA) is 204 Å². The number of aliphatic carboxylic acids is 2. The van der Waals surface area contributed by atoms with E-state index in [1.807, 2.05) is 42.5 Å². The number of benzene rings is 3. The van der Waals surface area contributed by atoms with Crippen LogP contribution in [0.5, 0.6) is 0 Å². The number of hydrogen-bond acceptors (Lipinski definition) is 7. The van der Waals surface area contributed by atoms with E-state index < -0.39 is 66.6 Å². The molecule has 240 valence electrons. The van der Waals surface area contributed by atoms with Crippen LogP contribution >= 0.6 is 15.9 Å². The molecule has 6 N–H and O–H groups in total. The third kappa shape index (κ3) is 8.91. The van der Waals surface area contributed by atoms with Crippen LogP contribution in [-0.2, 0) is 35.1 Å². The Bertz CT molecular complexity index is 1800. The van der Waals surface area contributed by atoms with Crippen LogP contribution in [0.1, 0.15) is 35.3 Å². The van der Waals surface area contributed by atoms with E-state index in [0.29, 0.717) is 11.1 Å². The van der Waals surface area contributed by atoms with Gasteiger partial charge in [-0.25, -0.2) is 4.79 Å². The lowest BCUT2D eigenvalue weighted by atomic mass is 10.0. The second-order valence-corrected chi connectivity index (χ2v) is 11.4. The SMILES string of the molecule is COC(=O)[C@H](CCC(=O)O)NC(=O)[C@H](CC(=O)O)NC(=O)[C@H](Cc1ccc2ccccc2c1)NC(=O)c1cc2cc(Br)ccc2[nH]1. The van der Waals surface area contributed by atoms with Crippen molar-refractivity contribution in [2.24, 2.45) is 0 Å². The molecule has 13 nitrogen and oxygen atoms in total. The molecular formula is C32H31BrN4O9. The van der Waals surface area contributed by atoms with Crippen molar-refractivity contribution in [3.8, 4) is 0 Å². The Hall–Kier alpha value is -5.24. The Morgan fingerprint density at radius 3 is 2.17 bits per heavy atom. The minimum absolute atomic E-state index is 0.0149. The molecule has 46 heavy (non-hydrogen) atoms. The van der Waals surface area contributed by atoms with E-state index in [-0.39, 0.29) is 18.5 Å². The first-order valence-corrected chi connectivity index (χ1v) is 14.9. The van der Waals surface area contributed by atoms with Crippen LogP contribution in [0.15, 0.2) is 71.2 Å². The number of ether oxygens (including phenoxy) is 1. The lowest BCUT2D eigenvalue weighted by molar-refractivity contribution is -0.146. The third-order valence-electron chi connectivity index (χ3n) is 7.16. The maximum atomic E-state index is 13.7. The minimum atomic E-state index is -1.68. The number of aromatic amines is 1. The van der Waals surface area contributed by atoms with Crippen LogP contribution in [0.25, 0.3) is 21.7 Å². The van der Waals surface area contributed by atoms with Gasteiger partial charge >= 0.3 is 17.9 Å². The zero-order valence-electron chi connectivity index (χ0n) is 24.5. The van der Waals surface area contributed by atoms with Gasteiger partial charge in [0.25, 0.3) is 5.91 Å². The standard InChI is InChI=1S/C32H31BrN4O9/c1-46-32(45)23(10-11-27(38)39)35-31(44)26(16-28(40)41)37-29(42)24(13-17-6-7-18-4-2-3-5-19(18)12-17)36-30(43)25-15-20-14-21(33)8-9-22(20)34-25/h2-9,12,14-15,23-24,26,34H,10-11,13,16H2,1H3,(H,35,44)(H,36,43)(H,37,42)(H,38,39)(H,40,41)/t23-,24-,26-/m0/s1. The van der Waals surface area contributed by atoms with Crippen molar-refractivity contribution in [1.29, 1.82) is 0 Å². The van der Waals surface area contributed by atoms with Crippen LogP contribution in [0.3, 0.4) is 0 Å². The van der Waals surface area contributed by atoms with Crippen LogP contribution in [0, 0.1) is 0 Å². The summed E-state index contributed by atoms with van der Waals surface area (Å²) in [6.07, 6.45) is -1.69. The van der Waals surface area contributed by atoms with Crippen LogP contribution < -0.4 is 16.0 Å². The highest BCUT2D eigenvalue weighted by Crippen LogP contribution is 2.21. The average molecular weight is 696 g/mol. The quantitative estimate of drug-likeness (QED) is 0.107. The fourth-order valence-corrected chi connectivity index (χ4v) is 5.24. The van der Waals surface area contributed by atoms with Gasteiger partial charge < -0.3 is 35.9 Å². The molecule has 0 radical (unpaired) electrons. The molecule has 4 aromatic rings. The summed E-state index contributed by atoms with van der Waals surface area (Å²) in [6.45, 7) is 0. The molecule has 0 fully saturated rings. The average Bonchev–Trinajstić information content (AvgIpc) is 3.45. The zero-order chi connectivity index (χ0) is 33.4. The van der Waals surface area contributed by atoms with Crippen molar-refractivity contribution >= 4 is 73.2 Å². The van der Waals surface area contributed by atoms with Crippen molar-refractivity contribution in [2.45, 2.75) is 43.8 Å². The van der Waals surface area contributed by atoms with Crippen molar-refractivity contribution in [3.05, 3.63) is 82.5 Å². The summed E-state index contributed by atoms with van der Waals surface area (Å²) in [5.74, 6) is -6.13. The zero-order valence-corrected chi connectivity index (χ0v) is 26.1. The monoisotopic (exact) mass is 694 g/mol. The number of esters is 1. The maximum absolute atomic E-state index is 13.7. The molecule has 0 unspecified atom stereocenters. The van der Waals surface area contributed by atoms with E-state index in [2.05, 4.69) is 41.6 Å². The Morgan fingerprint density at radius 2 is 1.48 bits per heavy atom. The molecule has 0 spiro atoms. The lowest BCUT2D eigenvalue weighted by Crippen LogP contribution is -2.56. The van der Waals surface area contributed by atoms with E-state index in [1.54, 1.807) is 24.3 Å². The summed E-state index contributed by atoms with van der Waals surface area (Å²) in [7, 11) is 1.05. The van der Waals surface area contributed by atoms with E-state index in [1.165, 1.54) is 0 Å². The number of rotatable bonds is 14. The molecule has 0 saturated carbocycles. The maximum Gasteiger partial charge on any atom is 0.328 e. The summed E-state index contributed by atoms with van der Waals surface area (Å²) >= 11 is 3.39. The highest BCUT2D eigenvalue weighted by molar-refractivity contribution is 9.10. The van der Waals surface area contributed by atoms with Crippen molar-refractivity contribution in [2.75, 3.05) is 7.11 Å². The van der Waals surface area contributed by atoms with Gasteiger partial charge in [-0.2, -0.15) is 0 Å². The van der Waals surface area contributed by atoms with E-state index >= 15 is 0 Å². The molecule has 0 bridgehead atoms. The predicted molar refractivity (Wildman–Crippen MR) is 170 cm³/mol. The van der Waals surface area contributed by atoms with Gasteiger partial charge in [0.2, 0.25) is 11.8 Å². The number of carbonyl (C=O) groups excluding carboxylic acids is 4. The number of amides is 3. The van der Waals surface area contributed by atoms with Gasteiger partial charge in [-0.05, 0) is 47.0 Å². The van der Waals surface area contributed by atoms with E-state index in [9.17, 15) is 33.9 Å². The number of hydrogen-bond donors (Lipinski definition) is 6. The second-order valence-electron chi connectivity index (χ2n) is 10.5. The number of aromatic nitrogens is 1. The number of nitrogens with one attached hydrogen (secondary N) is 4. The molecular weight excluding hydrogens is 664 g/mol. The summed E-state index contributed by atoms with van der Waals surface area (Å²) in [4.78, 5) is 78.1. The van der Waals surface area contributed by atoms with Crippen LogP contribution in [0.4, 0.5) is 0 Å².